The van der Waals surface area contributed by atoms with Crippen LogP contribution in [0.3, 0.4) is 0 Å². The van der Waals surface area contributed by atoms with Crippen molar-refractivity contribution < 1.29 is 39.9 Å². The van der Waals surface area contributed by atoms with Crippen molar-refractivity contribution in [3.8, 4) is 0 Å². The van der Waals surface area contributed by atoms with E-state index in [4.69, 9.17) is 4.74 Å². The van der Waals surface area contributed by atoms with Gasteiger partial charge in [0.25, 0.3) is 5.92 Å². The first-order chi connectivity index (χ1) is 11.3. The van der Waals surface area contributed by atoms with Crippen molar-refractivity contribution >= 4 is 0 Å². The highest BCUT2D eigenvalue weighted by Gasteiger charge is 2.61. The molecule has 0 bridgehead atoms. The third-order valence-corrected chi connectivity index (χ3v) is 3.83. The minimum atomic E-state index is -5.22. The maximum Gasteiger partial charge on any atom is 0.316 e. The van der Waals surface area contributed by atoms with Gasteiger partial charge in [-0.25, -0.2) is 17.6 Å². The molecule has 11 heteroatoms. The fourth-order valence-corrected chi connectivity index (χ4v) is 2.46. The summed E-state index contributed by atoms with van der Waals surface area (Å²) in [6, 6.07) is 0. The Balaban J connectivity index is 2.52. The topological polar surface area (TPSA) is 15.7 Å². The van der Waals surface area contributed by atoms with Crippen molar-refractivity contribution in [3.05, 3.63) is 0 Å². The van der Waals surface area contributed by atoms with Crippen LogP contribution < -0.4 is 0 Å². The summed E-state index contributed by atoms with van der Waals surface area (Å²) >= 11 is 0. The second-order valence-corrected chi connectivity index (χ2v) is 6.23. The van der Waals surface area contributed by atoms with Gasteiger partial charge >= 0.3 is 11.8 Å². The lowest BCUT2D eigenvalue weighted by Gasteiger charge is -2.32. The highest BCUT2D eigenvalue weighted by atomic mass is 19.3. The van der Waals surface area contributed by atoms with Crippen molar-refractivity contribution in [1.29, 1.82) is 0 Å². The molecule has 0 N–H and O–H groups in total. The molecule has 0 unspecified atom stereocenters. The van der Waals surface area contributed by atoms with E-state index in [0.717, 1.165) is 4.90 Å². The number of hydrogen-bond donors (Lipinski definition) is 0. The molecule has 1 saturated heterocycles. The van der Waals surface area contributed by atoms with Gasteiger partial charge in [-0.15, -0.1) is 0 Å². The van der Waals surface area contributed by atoms with Crippen LogP contribution in [-0.2, 0) is 4.74 Å². The molecular weight excluding hydrogens is 364 g/mol. The van der Waals surface area contributed by atoms with Crippen LogP contribution in [0.1, 0.15) is 12.8 Å². The predicted molar refractivity (Wildman–Crippen MR) is 74.8 cm³/mol. The molecule has 1 rings (SSSR count). The zero-order valence-electron chi connectivity index (χ0n) is 13.8. The number of morpholine rings is 1. The number of ether oxygens (including phenoxy) is 1. The maximum absolute atomic E-state index is 13.7. The van der Waals surface area contributed by atoms with E-state index in [1.54, 1.807) is 0 Å². The van der Waals surface area contributed by atoms with E-state index in [1.807, 2.05) is 4.90 Å². The number of hydrogen-bond acceptors (Lipinski definition) is 3. The molecule has 25 heavy (non-hydrogen) atoms. The van der Waals surface area contributed by atoms with Gasteiger partial charge in [0.05, 0.1) is 32.6 Å². The molecule has 0 spiro atoms. The van der Waals surface area contributed by atoms with Crippen molar-refractivity contribution in [3.63, 3.8) is 0 Å². The number of halogens is 8. The van der Waals surface area contributed by atoms with Gasteiger partial charge in [-0.2, -0.15) is 17.6 Å². The lowest BCUT2D eigenvalue weighted by Crippen LogP contribution is -2.49. The molecule has 0 atom stereocenters. The monoisotopic (exact) mass is 386 g/mol. The van der Waals surface area contributed by atoms with Crippen molar-refractivity contribution in [2.75, 3.05) is 53.0 Å². The number of nitrogens with zero attached hydrogens (tertiary/aromatic N) is 2. The van der Waals surface area contributed by atoms with Gasteiger partial charge in [0, 0.05) is 26.2 Å². The Bertz CT molecular complexity index is 402. The van der Waals surface area contributed by atoms with Crippen LogP contribution in [0.15, 0.2) is 0 Å². The van der Waals surface area contributed by atoms with Crippen LogP contribution in [-0.4, -0.2) is 87.0 Å². The fourth-order valence-electron chi connectivity index (χ4n) is 2.46. The largest absolute Gasteiger partial charge is 0.379 e. The zero-order chi connectivity index (χ0) is 19.3. The Labute approximate surface area is 140 Å². The summed E-state index contributed by atoms with van der Waals surface area (Å²) in [5, 5.41) is 0. The van der Waals surface area contributed by atoms with Gasteiger partial charge in [-0.1, -0.05) is 0 Å². The third-order valence-electron chi connectivity index (χ3n) is 3.83. The second kappa shape index (κ2) is 8.81. The van der Waals surface area contributed by atoms with Crippen molar-refractivity contribution in [2.45, 2.75) is 37.0 Å². The van der Waals surface area contributed by atoms with E-state index in [9.17, 15) is 35.1 Å². The van der Waals surface area contributed by atoms with Crippen LogP contribution in [0.5, 0.6) is 0 Å². The summed E-state index contributed by atoms with van der Waals surface area (Å²) in [4.78, 5) is 2.99. The molecular formula is C14H22F8N2O. The number of alkyl halides is 8. The lowest BCUT2D eigenvalue weighted by molar-refractivity contribution is -0.251. The molecule has 150 valence electrons. The molecule has 1 heterocycles. The van der Waals surface area contributed by atoms with E-state index in [-0.39, 0.29) is 6.54 Å². The molecule has 0 aromatic heterocycles. The minimum absolute atomic E-state index is 0.120. The maximum atomic E-state index is 13.7. The average molecular weight is 386 g/mol. The van der Waals surface area contributed by atoms with Gasteiger partial charge in [0.1, 0.15) is 0 Å². The van der Waals surface area contributed by atoms with E-state index in [2.05, 4.69) is 0 Å². The first-order valence-electron chi connectivity index (χ1n) is 7.75. The molecule has 3 nitrogen and oxygen atoms in total. The van der Waals surface area contributed by atoms with Crippen LogP contribution in [0, 0.1) is 0 Å². The summed E-state index contributed by atoms with van der Waals surface area (Å²) in [7, 11) is 1.25. The number of likely N-dealkylation sites (N-methyl/N-ethyl adjacent to an activating group) is 1. The fraction of sp³-hybridized carbons (Fsp3) is 1.00. The standard InChI is InChI=1S/C14H22F8N2O/c1-23(2-3-24-4-6-25-7-5-24)10-12(17,18)9-14(21,22)13(19,20)8-11(15)16/h11H,2-10H2,1H3. The second-order valence-electron chi connectivity index (χ2n) is 6.23. The quantitative estimate of drug-likeness (QED) is 0.537. The molecule has 1 aliphatic heterocycles. The molecule has 0 aromatic rings. The molecule has 0 amide bonds. The van der Waals surface area contributed by atoms with Crippen LogP contribution in [0.2, 0.25) is 0 Å². The molecule has 1 aliphatic rings. The molecule has 0 saturated carbocycles. The SMILES string of the molecule is CN(CCN1CCOCC1)CC(F)(F)CC(F)(F)C(F)(F)CC(F)F. The van der Waals surface area contributed by atoms with E-state index in [1.165, 1.54) is 7.05 Å². The van der Waals surface area contributed by atoms with Crippen LogP contribution in [0.25, 0.3) is 0 Å². The van der Waals surface area contributed by atoms with Crippen LogP contribution in [0.4, 0.5) is 35.1 Å². The Morgan fingerprint density at radius 2 is 1.56 bits per heavy atom. The van der Waals surface area contributed by atoms with Crippen molar-refractivity contribution in [1.82, 2.24) is 9.80 Å². The summed E-state index contributed by atoms with van der Waals surface area (Å²) in [5.41, 5.74) is 0. The normalized spacial score (nSPS) is 18.4. The predicted octanol–water partition coefficient (Wildman–Crippen LogP) is 3.20. The van der Waals surface area contributed by atoms with E-state index in [0.29, 0.717) is 32.8 Å². The highest BCUT2D eigenvalue weighted by Crippen LogP contribution is 2.44. The minimum Gasteiger partial charge on any atom is -0.379 e. The molecule has 0 aliphatic carbocycles. The molecule has 0 radical (unpaired) electrons. The Morgan fingerprint density at radius 1 is 1.00 bits per heavy atom. The average Bonchev–Trinajstić information content (AvgIpc) is 2.43. The van der Waals surface area contributed by atoms with E-state index < -0.39 is 43.6 Å². The third kappa shape index (κ3) is 7.61. The summed E-state index contributed by atoms with van der Waals surface area (Å²) < 4.78 is 109. The molecule has 1 fully saturated rings. The Kier molecular flexibility index (Phi) is 7.88. The van der Waals surface area contributed by atoms with E-state index >= 15 is 0 Å². The zero-order valence-corrected chi connectivity index (χ0v) is 13.8. The first kappa shape index (κ1) is 22.4. The first-order valence-corrected chi connectivity index (χ1v) is 7.75. The van der Waals surface area contributed by atoms with Gasteiger partial charge in [-0.05, 0) is 7.05 Å². The summed E-state index contributed by atoms with van der Waals surface area (Å²) in [6.07, 6.45) is -8.66. The Morgan fingerprint density at radius 3 is 2.08 bits per heavy atom. The summed E-state index contributed by atoms with van der Waals surface area (Å²) in [6.45, 7) is 1.58. The van der Waals surface area contributed by atoms with Gasteiger partial charge in [0.15, 0.2) is 0 Å². The van der Waals surface area contributed by atoms with Crippen LogP contribution >= 0.6 is 0 Å². The summed E-state index contributed by atoms with van der Waals surface area (Å²) in [5.74, 6) is -14.6. The molecule has 0 aromatic carbocycles. The highest BCUT2D eigenvalue weighted by molar-refractivity contribution is 4.91. The lowest BCUT2D eigenvalue weighted by atomic mass is 10.0. The van der Waals surface area contributed by atoms with Gasteiger partial charge in [0.2, 0.25) is 6.43 Å². The van der Waals surface area contributed by atoms with Gasteiger partial charge in [-0.3, -0.25) is 9.80 Å². The number of rotatable bonds is 10. The van der Waals surface area contributed by atoms with Crippen molar-refractivity contribution in [2.24, 2.45) is 0 Å². The van der Waals surface area contributed by atoms with Gasteiger partial charge < -0.3 is 4.74 Å². The Hall–Kier alpha value is -0.680. The smallest absolute Gasteiger partial charge is 0.316 e.